The van der Waals surface area contributed by atoms with E-state index in [9.17, 15) is 14.4 Å². The summed E-state index contributed by atoms with van der Waals surface area (Å²) in [5.74, 6) is -2.01. The van der Waals surface area contributed by atoms with Crippen molar-refractivity contribution in [2.45, 2.75) is 45.1 Å². The molecular weight excluding hydrogens is 250 g/mol. The number of hydrogen-bond donors (Lipinski definition) is 1. The van der Waals surface area contributed by atoms with Crippen molar-refractivity contribution >= 4 is 17.7 Å². The molecule has 1 fully saturated rings. The van der Waals surface area contributed by atoms with Gasteiger partial charge in [-0.25, -0.2) is 4.79 Å². The Kier molecular flexibility index (Phi) is 6.49. The summed E-state index contributed by atoms with van der Waals surface area (Å²) in [5, 5.41) is 0. The molecule has 0 spiro atoms. The van der Waals surface area contributed by atoms with E-state index in [1.165, 1.54) is 0 Å². The molecule has 0 aromatic rings. The van der Waals surface area contributed by atoms with Gasteiger partial charge in [0.05, 0.1) is 19.6 Å². The number of ketones is 1. The Morgan fingerprint density at radius 1 is 1.26 bits per heavy atom. The van der Waals surface area contributed by atoms with Crippen LogP contribution in [0.3, 0.4) is 0 Å². The fourth-order valence-electron chi connectivity index (χ4n) is 2.30. The van der Waals surface area contributed by atoms with E-state index in [0.717, 1.165) is 25.7 Å². The molecule has 1 unspecified atom stereocenters. The number of carbonyl (C=O) groups is 3. The Labute approximate surface area is 112 Å². The zero-order valence-corrected chi connectivity index (χ0v) is 11.2. The van der Waals surface area contributed by atoms with Gasteiger partial charge in [-0.05, 0) is 25.7 Å². The van der Waals surface area contributed by atoms with Crippen molar-refractivity contribution in [1.29, 1.82) is 0 Å². The van der Waals surface area contributed by atoms with E-state index in [0.29, 0.717) is 0 Å². The predicted molar refractivity (Wildman–Crippen MR) is 67.1 cm³/mol. The highest BCUT2D eigenvalue weighted by molar-refractivity contribution is 6.34. The van der Waals surface area contributed by atoms with Crippen LogP contribution in [-0.4, -0.2) is 37.0 Å². The Morgan fingerprint density at radius 3 is 2.42 bits per heavy atom. The molecule has 108 valence electrons. The second kappa shape index (κ2) is 7.89. The quantitative estimate of drug-likeness (QED) is 0.537. The lowest BCUT2D eigenvalue weighted by Gasteiger charge is -2.22. The average Bonchev–Trinajstić information content (AvgIpc) is 2.91. The van der Waals surface area contributed by atoms with Gasteiger partial charge in [-0.1, -0.05) is 12.8 Å². The monoisotopic (exact) mass is 271 g/mol. The molecule has 1 saturated carbocycles. The summed E-state index contributed by atoms with van der Waals surface area (Å²) < 4.78 is 10.00. The molecule has 0 radical (unpaired) electrons. The van der Waals surface area contributed by atoms with Crippen molar-refractivity contribution in [3.63, 3.8) is 0 Å². The Balaban J connectivity index is 2.60. The van der Waals surface area contributed by atoms with E-state index in [2.05, 4.69) is 0 Å². The maximum Gasteiger partial charge on any atom is 0.376 e. The van der Waals surface area contributed by atoms with Crippen LogP contribution in [0.25, 0.3) is 0 Å². The minimum absolute atomic E-state index is 0.00208. The molecule has 6 nitrogen and oxygen atoms in total. The highest BCUT2D eigenvalue weighted by atomic mass is 16.6. The van der Waals surface area contributed by atoms with Gasteiger partial charge in [0.1, 0.15) is 6.10 Å². The van der Waals surface area contributed by atoms with Crippen LogP contribution in [0.5, 0.6) is 0 Å². The van der Waals surface area contributed by atoms with E-state index in [1.54, 1.807) is 6.92 Å². The van der Waals surface area contributed by atoms with E-state index in [1.807, 2.05) is 0 Å². The SMILES string of the molecule is CCOC(=O)CC(OC(=O)C(=O)CN)C1CCCC1. The zero-order chi connectivity index (χ0) is 14.3. The fraction of sp³-hybridized carbons (Fsp3) is 0.769. The molecule has 0 amide bonds. The molecule has 0 heterocycles. The molecule has 6 heteroatoms. The highest BCUT2D eigenvalue weighted by Crippen LogP contribution is 2.31. The van der Waals surface area contributed by atoms with Gasteiger partial charge >= 0.3 is 11.9 Å². The summed E-state index contributed by atoms with van der Waals surface area (Å²) in [5.41, 5.74) is 5.11. The van der Waals surface area contributed by atoms with Crippen molar-refractivity contribution in [2.75, 3.05) is 13.2 Å². The van der Waals surface area contributed by atoms with Gasteiger partial charge in [0.25, 0.3) is 5.78 Å². The minimum Gasteiger partial charge on any atom is -0.466 e. The first-order valence-corrected chi connectivity index (χ1v) is 6.68. The summed E-state index contributed by atoms with van der Waals surface area (Å²) in [6.07, 6.45) is 3.31. The van der Waals surface area contributed by atoms with Gasteiger partial charge in [0.2, 0.25) is 0 Å². The molecule has 0 saturated heterocycles. The molecule has 2 N–H and O–H groups in total. The lowest BCUT2D eigenvalue weighted by atomic mass is 9.98. The first-order chi connectivity index (χ1) is 9.08. The third kappa shape index (κ3) is 4.98. The lowest BCUT2D eigenvalue weighted by Crippen LogP contribution is -2.34. The van der Waals surface area contributed by atoms with Crippen molar-refractivity contribution in [3.8, 4) is 0 Å². The standard InChI is InChI=1S/C13H21NO5/c1-2-18-12(16)7-11(9-5-3-4-6-9)19-13(17)10(15)8-14/h9,11H,2-8,14H2,1H3. The van der Waals surface area contributed by atoms with Crippen molar-refractivity contribution in [1.82, 2.24) is 0 Å². The Hall–Kier alpha value is -1.43. The molecule has 1 atom stereocenters. The van der Waals surface area contributed by atoms with E-state index in [4.69, 9.17) is 15.2 Å². The summed E-state index contributed by atoms with van der Waals surface area (Å²) >= 11 is 0. The van der Waals surface area contributed by atoms with Crippen LogP contribution in [-0.2, 0) is 23.9 Å². The van der Waals surface area contributed by atoms with E-state index in [-0.39, 0.29) is 25.5 Å². The predicted octanol–water partition coefficient (Wildman–Crippen LogP) is 0.569. The summed E-state index contributed by atoms with van der Waals surface area (Å²) in [7, 11) is 0. The Morgan fingerprint density at radius 2 is 1.89 bits per heavy atom. The normalized spacial score (nSPS) is 16.9. The van der Waals surface area contributed by atoms with Crippen LogP contribution in [0.1, 0.15) is 39.0 Å². The topological polar surface area (TPSA) is 95.7 Å². The molecule has 0 aromatic carbocycles. The first-order valence-electron chi connectivity index (χ1n) is 6.68. The van der Waals surface area contributed by atoms with Crippen LogP contribution >= 0.6 is 0 Å². The number of carbonyl (C=O) groups excluding carboxylic acids is 3. The average molecular weight is 271 g/mol. The van der Waals surface area contributed by atoms with Crippen LogP contribution in [0.4, 0.5) is 0 Å². The second-order valence-electron chi connectivity index (χ2n) is 4.62. The summed E-state index contributed by atoms with van der Waals surface area (Å²) in [6.45, 7) is 1.62. The number of esters is 2. The van der Waals surface area contributed by atoms with Gasteiger partial charge in [-0.3, -0.25) is 9.59 Å². The van der Waals surface area contributed by atoms with Crippen LogP contribution < -0.4 is 5.73 Å². The number of rotatable bonds is 7. The van der Waals surface area contributed by atoms with Gasteiger partial charge in [-0.2, -0.15) is 0 Å². The third-order valence-electron chi connectivity index (χ3n) is 3.27. The molecule has 1 aliphatic rings. The van der Waals surface area contributed by atoms with Crippen LogP contribution in [0.15, 0.2) is 0 Å². The third-order valence-corrected chi connectivity index (χ3v) is 3.27. The maximum absolute atomic E-state index is 11.5. The molecule has 1 rings (SSSR count). The molecular formula is C13H21NO5. The maximum atomic E-state index is 11.5. The van der Waals surface area contributed by atoms with Gasteiger partial charge in [0, 0.05) is 0 Å². The summed E-state index contributed by atoms with van der Waals surface area (Å²) in [6, 6.07) is 0. The summed E-state index contributed by atoms with van der Waals surface area (Å²) in [4.78, 5) is 34.1. The highest BCUT2D eigenvalue weighted by Gasteiger charge is 2.31. The van der Waals surface area contributed by atoms with Gasteiger partial charge in [0.15, 0.2) is 0 Å². The lowest BCUT2D eigenvalue weighted by molar-refractivity contribution is -0.163. The number of hydrogen-bond acceptors (Lipinski definition) is 6. The van der Waals surface area contributed by atoms with Gasteiger partial charge in [-0.15, -0.1) is 0 Å². The molecule has 19 heavy (non-hydrogen) atoms. The molecule has 1 aliphatic carbocycles. The van der Waals surface area contributed by atoms with E-state index < -0.39 is 23.8 Å². The number of nitrogens with two attached hydrogens (primary N) is 1. The van der Waals surface area contributed by atoms with Crippen LogP contribution in [0.2, 0.25) is 0 Å². The number of ether oxygens (including phenoxy) is 2. The smallest absolute Gasteiger partial charge is 0.376 e. The fourth-order valence-corrected chi connectivity index (χ4v) is 2.30. The first kappa shape index (κ1) is 15.6. The van der Waals surface area contributed by atoms with Crippen molar-refractivity contribution in [3.05, 3.63) is 0 Å². The van der Waals surface area contributed by atoms with Crippen LogP contribution in [0, 0.1) is 5.92 Å². The van der Waals surface area contributed by atoms with E-state index >= 15 is 0 Å². The molecule has 0 aromatic heterocycles. The van der Waals surface area contributed by atoms with Crippen molar-refractivity contribution in [2.24, 2.45) is 11.7 Å². The Bertz CT molecular complexity index is 336. The van der Waals surface area contributed by atoms with Gasteiger partial charge < -0.3 is 15.2 Å². The van der Waals surface area contributed by atoms with Crippen molar-refractivity contribution < 1.29 is 23.9 Å². The second-order valence-corrected chi connectivity index (χ2v) is 4.62. The minimum atomic E-state index is -0.955. The molecule has 0 aliphatic heterocycles. The largest absolute Gasteiger partial charge is 0.466 e. The molecule has 0 bridgehead atoms. The number of Topliss-reactive ketones (excluding diaryl/α,β-unsaturated/α-hetero) is 1. The zero-order valence-electron chi connectivity index (χ0n) is 11.2.